The Morgan fingerprint density at radius 1 is 1.37 bits per heavy atom. The zero-order valence-corrected chi connectivity index (χ0v) is 11.8. The fourth-order valence-electron chi connectivity index (χ4n) is 1.50. The molecule has 0 spiro atoms. The monoisotopic (exact) mass is 321 g/mol. The van der Waals surface area contributed by atoms with Gasteiger partial charge in [-0.05, 0) is 28.1 Å². The number of amides is 1. The summed E-state index contributed by atoms with van der Waals surface area (Å²) in [4.78, 5) is 15.1. The normalized spacial score (nSPS) is 10.0. The SMILES string of the molecule is CC(=O)Nc1ccccc1Oc1c(N)cncc1Br. The first-order valence-corrected chi connectivity index (χ1v) is 6.30. The van der Waals surface area contributed by atoms with Crippen LogP contribution >= 0.6 is 15.9 Å². The second-order valence-electron chi connectivity index (χ2n) is 3.82. The summed E-state index contributed by atoms with van der Waals surface area (Å²) in [7, 11) is 0. The molecule has 98 valence electrons. The van der Waals surface area contributed by atoms with Crippen LogP contribution in [0, 0.1) is 0 Å². The summed E-state index contributed by atoms with van der Waals surface area (Å²) in [6.45, 7) is 1.44. The van der Waals surface area contributed by atoms with Gasteiger partial charge in [0.25, 0.3) is 0 Å². The molecule has 0 atom stereocenters. The maximum atomic E-state index is 11.1. The lowest BCUT2D eigenvalue weighted by molar-refractivity contribution is -0.114. The average Bonchev–Trinajstić information content (AvgIpc) is 2.35. The number of nitrogens with two attached hydrogens (primary N) is 1. The first-order chi connectivity index (χ1) is 9.08. The first-order valence-electron chi connectivity index (χ1n) is 5.51. The van der Waals surface area contributed by atoms with E-state index in [0.29, 0.717) is 27.3 Å². The number of halogens is 1. The van der Waals surface area contributed by atoms with Crippen LogP contribution < -0.4 is 15.8 Å². The first kappa shape index (κ1) is 13.4. The zero-order chi connectivity index (χ0) is 13.8. The lowest BCUT2D eigenvalue weighted by Crippen LogP contribution is -2.07. The lowest BCUT2D eigenvalue weighted by atomic mass is 10.3. The van der Waals surface area contributed by atoms with Gasteiger partial charge in [0.1, 0.15) is 0 Å². The summed E-state index contributed by atoms with van der Waals surface area (Å²) in [6, 6.07) is 7.12. The summed E-state index contributed by atoms with van der Waals surface area (Å²) >= 11 is 3.33. The molecule has 2 aromatic rings. The third-order valence-corrected chi connectivity index (χ3v) is 2.86. The van der Waals surface area contributed by atoms with Crippen LogP contribution in [0.5, 0.6) is 11.5 Å². The average molecular weight is 322 g/mol. The number of anilines is 2. The van der Waals surface area contributed by atoms with E-state index in [0.717, 1.165) is 0 Å². The minimum Gasteiger partial charge on any atom is -0.452 e. The number of rotatable bonds is 3. The number of pyridine rings is 1. The maximum absolute atomic E-state index is 11.1. The molecule has 19 heavy (non-hydrogen) atoms. The molecule has 0 fully saturated rings. The van der Waals surface area contributed by atoms with E-state index in [4.69, 9.17) is 10.5 Å². The standard InChI is InChI=1S/C13H12BrN3O2/c1-8(18)17-11-4-2-3-5-12(11)19-13-9(14)6-16-7-10(13)15/h2-7H,15H2,1H3,(H,17,18). The van der Waals surface area contributed by atoms with E-state index in [9.17, 15) is 4.79 Å². The third kappa shape index (κ3) is 3.23. The molecule has 0 bridgehead atoms. The molecule has 0 radical (unpaired) electrons. The number of carbonyl (C=O) groups excluding carboxylic acids is 1. The van der Waals surface area contributed by atoms with Crippen LogP contribution in [-0.4, -0.2) is 10.9 Å². The Hall–Kier alpha value is -2.08. The highest BCUT2D eigenvalue weighted by molar-refractivity contribution is 9.10. The van der Waals surface area contributed by atoms with Crippen molar-refractivity contribution in [1.82, 2.24) is 4.98 Å². The van der Waals surface area contributed by atoms with Gasteiger partial charge in [-0.3, -0.25) is 9.78 Å². The molecule has 2 rings (SSSR count). The van der Waals surface area contributed by atoms with Crippen molar-refractivity contribution in [3.8, 4) is 11.5 Å². The van der Waals surface area contributed by atoms with Crippen LogP contribution in [0.25, 0.3) is 0 Å². The van der Waals surface area contributed by atoms with Crippen LogP contribution in [0.4, 0.5) is 11.4 Å². The molecular formula is C13H12BrN3O2. The summed E-state index contributed by atoms with van der Waals surface area (Å²) in [5.74, 6) is 0.807. The van der Waals surface area contributed by atoms with E-state index < -0.39 is 0 Å². The number of benzene rings is 1. The second kappa shape index (κ2) is 5.71. The van der Waals surface area contributed by atoms with Crippen molar-refractivity contribution in [2.24, 2.45) is 0 Å². The molecule has 0 aliphatic carbocycles. The predicted octanol–water partition coefficient (Wildman–Crippen LogP) is 3.18. The third-order valence-electron chi connectivity index (χ3n) is 2.29. The largest absolute Gasteiger partial charge is 0.452 e. The minimum absolute atomic E-state index is 0.169. The molecule has 0 saturated carbocycles. The lowest BCUT2D eigenvalue weighted by Gasteiger charge is -2.13. The highest BCUT2D eigenvalue weighted by Crippen LogP contribution is 2.36. The quantitative estimate of drug-likeness (QED) is 0.910. The van der Waals surface area contributed by atoms with E-state index in [1.807, 2.05) is 12.1 Å². The van der Waals surface area contributed by atoms with Crippen LogP contribution in [0.3, 0.4) is 0 Å². The van der Waals surface area contributed by atoms with Gasteiger partial charge in [-0.1, -0.05) is 12.1 Å². The Kier molecular flexibility index (Phi) is 4.01. The van der Waals surface area contributed by atoms with Crippen molar-refractivity contribution < 1.29 is 9.53 Å². The number of nitrogens with zero attached hydrogens (tertiary/aromatic N) is 1. The Balaban J connectivity index is 2.36. The number of para-hydroxylation sites is 2. The molecule has 0 saturated heterocycles. The number of hydrogen-bond donors (Lipinski definition) is 2. The summed E-state index contributed by atoms with van der Waals surface area (Å²) < 4.78 is 6.39. The highest BCUT2D eigenvalue weighted by atomic mass is 79.9. The highest BCUT2D eigenvalue weighted by Gasteiger charge is 2.11. The van der Waals surface area contributed by atoms with Crippen LogP contribution in [0.2, 0.25) is 0 Å². The number of aromatic nitrogens is 1. The van der Waals surface area contributed by atoms with Gasteiger partial charge in [0, 0.05) is 13.1 Å². The molecule has 5 nitrogen and oxygen atoms in total. The van der Waals surface area contributed by atoms with E-state index in [1.165, 1.54) is 13.1 Å². The molecular weight excluding hydrogens is 310 g/mol. The smallest absolute Gasteiger partial charge is 0.221 e. The maximum Gasteiger partial charge on any atom is 0.221 e. The Morgan fingerprint density at radius 3 is 2.79 bits per heavy atom. The summed E-state index contributed by atoms with van der Waals surface area (Å²) in [5, 5.41) is 2.70. The van der Waals surface area contributed by atoms with E-state index in [-0.39, 0.29) is 5.91 Å². The van der Waals surface area contributed by atoms with Gasteiger partial charge in [-0.25, -0.2) is 0 Å². The topological polar surface area (TPSA) is 77.2 Å². The molecule has 1 aromatic heterocycles. The Bertz CT molecular complexity index is 596. The molecule has 1 amide bonds. The zero-order valence-electron chi connectivity index (χ0n) is 10.2. The summed E-state index contributed by atoms with van der Waals surface area (Å²) in [6.07, 6.45) is 3.09. The number of hydrogen-bond acceptors (Lipinski definition) is 4. The Morgan fingerprint density at radius 2 is 2.11 bits per heavy atom. The van der Waals surface area contributed by atoms with Crippen LogP contribution in [0.15, 0.2) is 41.1 Å². The fraction of sp³-hybridized carbons (Fsp3) is 0.0769. The van der Waals surface area contributed by atoms with Gasteiger partial charge in [-0.15, -0.1) is 0 Å². The number of nitrogen functional groups attached to an aromatic ring is 1. The second-order valence-corrected chi connectivity index (χ2v) is 4.67. The van der Waals surface area contributed by atoms with Crippen LogP contribution in [-0.2, 0) is 4.79 Å². The number of nitrogens with one attached hydrogen (secondary N) is 1. The van der Waals surface area contributed by atoms with Crippen molar-refractivity contribution in [3.63, 3.8) is 0 Å². The molecule has 0 aliphatic heterocycles. The Labute approximate surface area is 118 Å². The van der Waals surface area contributed by atoms with Crippen molar-refractivity contribution in [1.29, 1.82) is 0 Å². The summed E-state index contributed by atoms with van der Waals surface area (Å²) in [5.41, 5.74) is 6.81. The molecule has 1 aromatic carbocycles. The van der Waals surface area contributed by atoms with Gasteiger partial charge in [-0.2, -0.15) is 0 Å². The molecule has 1 heterocycles. The van der Waals surface area contributed by atoms with Gasteiger partial charge < -0.3 is 15.8 Å². The van der Waals surface area contributed by atoms with Gasteiger partial charge in [0.05, 0.1) is 22.0 Å². The number of ether oxygens (including phenoxy) is 1. The van der Waals surface area contributed by atoms with E-state index in [2.05, 4.69) is 26.2 Å². The van der Waals surface area contributed by atoms with Crippen molar-refractivity contribution in [3.05, 3.63) is 41.1 Å². The van der Waals surface area contributed by atoms with E-state index >= 15 is 0 Å². The van der Waals surface area contributed by atoms with Crippen molar-refractivity contribution in [2.45, 2.75) is 6.92 Å². The predicted molar refractivity (Wildman–Crippen MR) is 77.2 cm³/mol. The fourth-order valence-corrected chi connectivity index (χ4v) is 1.93. The van der Waals surface area contributed by atoms with Crippen molar-refractivity contribution >= 4 is 33.2 Å². The number of carbonyl (C=O) groups is 1. The van der Waals surface area contributed by atoms with Crippen molar-refractivity contribution in [2.75, 3.05) is 11.1 Å². The van der Waals surface area contributed by atoms with Crippen LogP contribution in [0.1, 0.15) is 6.92 Å². The van der Waals surface area contributed by atoms with E-state index in [1.54, 1.807) is 18.3 Å². The molecule has 6 heteroatoms. The minimum atomic E-state index is -0.169. The molecule has 0 aliphatic rings. The molecule has 0 unspecified atom stereocenters. The van der Waals surface area contributed by atoms with Gasteiger partial charge >= 0.3 is 0 Å². The molecule has 3 N–H and O–H groups in total. The van der Waals surface area contributed by atoms with Gasteiger partial charge in [0.2, 0.25) is 5.91 Å². The van der Waals surface area contributed by atoms with Gasteiger partial charge in [0.15, 0.2) is 11.5 Å².